The summed E-state index contributed by atoms with van der Waals surface area (Å²) in [5, 5.41) is 23.8. The second kappa shape index (κ2) is 5.81. The highest BCUT2D eigenvalue weighted by molar-refractivity contribution is 5.98. The fraction of sp³-hybridized carbons (Fsp3) is 0.263. The number of rotatable bonds is 3. The van der Waals surface area contributed by atoms with Gasteiger partial charge in [0.25, 0.3) is 0 Å². The second-order valence-electron chi connectivity index (χ2n) is 6.96. The molecule has 0 aromatic heterocycles. The molecule has 0 radical (unpaired) electrons. The number of carbonyl (C=O) groups is 1. The molecular formula is C19H20N2O4. The summed E-state index contributed by atoms with van der Waals surface area (Å²) in [6, 6.07) is 13.7. The van der Waals surface area contributed by atoms with E-state index in [0.29, 0.717) is 5.56 Å². The minimum absolute atomic E-state index is 0.00970. The van der Waals surface area contributed by atoms with Crippen molar-refractivity contribution in [2.75, 3.05) is 0 Å². The summed E-state index contributed by atoms with van der Waals surface area (Å²) in [5.74, 6) is -1.32. The van der Waals surface area contributed by atoms with Crippen LogP contribution in [-0.4, -0.2) is 22.1 Å². The molecule has 6 nitrogen and oxygen atoms in total. The number of hydrogen-bond donors (Lipinski definition) is 3. The molecule has 1 heterocycles. The van der Waals surface area contributed by atoms with E-state index >= 15 is 0 Å². The van der Waals surface area contributed by atoms with Gasteiger partial charge in [0.2, 0.25) is 5.90 Å². The number of carboxylic acids is 1. The summed E-state index contributed by atoms with van der Waals surface area (Å²) >= 11 is 0. The van der Waals surface area contributed by atoms with Crippen LogP contribution in [0.5, 0.6) is 5.75 Å². The number of hydrazone groups is 1. The first-order chi connectivity index (χ1) is 11.7. The van der Waals surface area contributed by atoms with Crippen LogP contribution in [0.15, 0.2) is 53.6 Å². The topological polar surface area (TPSA) is 91.2 Å². The molecule has 0 fully saturated rings. The molecule has 0 saturated heterocycles. The van der Waals surface area contributed by atoms with Crippen LogP contribution in [-0.2, 0) is 20.7 Å². The van der Waals surface area contributed by atoms with Crippen molar-refractivity contribution in [3.05, 3.63) is 65.2 Å². The molecule has 1 unspecified atom stereocenters. The maximum atomic E-state index is 11.9. The first-order valence-corrected chi connectivity index (χ1v) is 7.91. The molecule has 1 aliphatic heterocycles. The summed E-state index contributed by atoms with van der Waals surface area (Å²) in [5.41, 5.74) is 2.47. The third-order valence-electron chi connectivity index (χ3n) is 4.15. The zero-order valence-electron chi connectivity index (χ0n) is 14.3. The lowest BCUT2D eigenvalue weighted by Crippen LogP contribution is -2.46. The SMILES string of the molecule is CC(C)(C)c1ccc(C2=NNC(C(=O)O)(c3ccccc3O)O2)cc1. The second-order valence-corrected chi connectivity index (χ2v) is 6.96. The Hall–Kier alpha value is -3.02. The van der Waals surface area contributed by atoms with Gasteiger partial charge >= 0.3 is 11.7 Å². The van der Waals surface area contributed by atoms with Crippen molar-refractivity contribution in [1.82, 2.24) is 5.43 Å². The van der Waals surface area contributed by atoms with Gasteiger partial charge in [0.15, 0.2) is 0 Å². The molecule has 0 saturated carbocycles. The molecule has 2 aromatic rings. The molecule has 0 aliphatic carbocycles. The normalized spacial score (nSPS) is 19.7. The molecule has 130 valence electrons. The molecular weight excluding hydrogens is 320 g/mol. The summed E-state index contributed by atoms with van der Waals surface area (Å²) in [4.78, 5) is 11.9. The minimum Gasteiger partial charge on any atom is -0.507 e. The number of aliphatic carboxylic acids is 1. The Bertz CT molecular complexity index is 837. The number of ether oxygens (including phenoxy) is 1. The highest BCUT2D eigenvalue weighted by Crippen LogP contribution is 2.34. The highest BCUT2D eigenvalue weighted by Gasteiger charge is 2.49. The van der Waals surface area contributed by atoms with Crippen LogP contribution >= 0.6 is 0 Å². The number of phenolic OH excluding ortho intramolecular Hbond substituents is 1. The van der Waals surface area contributed by atoms with Crippen LogP contribution in [0.25, 0.3) is 0 Å². The van der Waals surface area contributed by atoms with Gasteiger partial charge in [-0.05, 0) is 35.2 Å². The number of nitrogens with zero attached hydrogens (tertiary/aromatic N) is 1. The van der Waals surface area contributed by atoms with Gasteiger partial charge in [0.1, 0.15) is 5.75 Å². The van der Waals surface area contributed by atoms with Crippen LogP contribution in [0.2, 0.25) is 0 Å². The number of phenols is 1. The summed E-state index contributed by atoms with van der Waals surface area (Å²) < 4.78 is 5.67. The Morgan fingerprint density at radius 1 is 1.12 bits per heavy atom. The van der Waals surface area contributed by atoms with E-state index in [1.807, 2.05) is 24.3 Å². The lowest BCUT2D eigenvalue weighted by atomic mass is 9.87. The number of para-hydroxylation sites is 1. The molecule has 25 heavy (non-hydrogen) atoms. The van der Waals surface area contributed by atoms with Crippen molar-refractivity contribution in [2.45, 2.75) is 31.9 Å². The maximum absolute atomic E-state index is 11.9. The van der Waals surface area contributed by atoms with Crippen LogP contribution in [0.3, 0.4) is 0 Å². The summed E-state index contributed by atoms with van der Waals surface area (Å²) in [6.07, 6.45) is 0. The van der Waals surface area contributed by atoms with Gasteiger partial charge in [-0.15, -0.1) is 5.10 Å². The maximum Gasteiger partial charge on any atom is 0.376 e. The Morgan fingerprint density at radius 2 is 1.76 bits per heavy atom. The van der Waals surface area contributed by atoms with Gasteiger partial charge in [-0.3, -0.25) is 5.43 Å². The number of hydrogen-bond acceptors (Lipinski definition) is 5. The van der Waals surface area contributed by atoms with Crippen molar-refractivity contribution in [3.8, 4) is 5.75 Å². The lowest BCUT2D eigenvalue weighted by Gasteiger charge is -2.24. The molecule has 3 N–H and O–H groups in total. The Balaban J connectivity index is 1.93. The minimum atomic E-state index is -1.95. The van der Waals surface area contributed by atoms with E-state index in [1.165, 1.54) is 12.1 Å². The van der Waals surface area contributed by atoms with E-state index < -0.39 is 11.7 Å². The van der Waals surface area contributed by atoms with Crippen molar-refractivity contribution in [1.29, 1.82) is 0 Å². The van der Waals surface area contributed by atoms with E-state index in [-0.39, 0.29) is 22.6 Å². The molecule has 2 aromatic carbocycles. The Labute approximate surface area is 145 Å². The van der Waals surface area contributed by atoms with Crippen molar-refractivity contribution in [3.63, 3.8) is 0 Å². The third kappa shape index (κ3) is 2.91. The first-order valence-electron chi connectivity index (χ1n) is 7.91. The zero-order chi connectivity index (χ0) is 18.2. The Morgan fingerprint density at radius 3 is 2.32 bits per heavy atom. The predicted molar refractivity (Wildman–Crippen MR) is 93.3 cm³/mol. The van der Waals surface area contributed by atoms with Crippen LogP contribution < -0.4 is 5.43 Å². The fourth-order valence-electron chi connectivity index (χ4n) is 2.65. The van der Waals surface area contributed by atoms with E-state index in [4.69, 9.17) is 4.74 Å². The average Bonchev–Trinajstić information content (AvgIpc) is 3.01. The largest absolute Gasteiger partial charge is 0.507 e. The zero-order valence-corrected chi connectivity index (χ0v) is 14.3. The van der Waals surface area contributed by atoms with Gasteiger partial charge < -0.3 is 14.9 Å². The van der Waals surface area contributed by atoms with Gasteiger partial charge in [-0.1, -0.05) is 45.0 Å². The molecule has 0 amide bonds. The monoisotopic (exact) mass is 340 g/mol. The van der Waals surface area contributed by atoms with Crippen molar-refractivity contribution < 1.29 is 19.7 Å². The van der Waals surface area contributed by atoms with E-state index in [1.54, 1.807) is 12.1 Å². The Kier molecular flexibility index (Phi) is 3.91. The van der Waals surface area contributed by atoms with E-state index in [2.05, 4.69) is 31.3 Å². The quantitative estimate of drug-likeness (QED) is 0.799. The molecule has 0 bridgehead atoms. The van der Waals surface area contributed by atoms with Crippen molar-refractivity contribution >= 4 is 11.9 Å². The van der Waals surface area contributed by atoms with Gasteiger partial charge in [-0.25, -0.2) is 4.79 Å². The third-order valence-corrected chi connectivity index (χ3v) is 4.15. The van der Waals surface area contributed by atoms with Gasteiger partial charge in [-0.2, -0.15) is 0 Å². The van der Waals surface area contributed by atoms with E-state index in [9.17, 15) is 15.0 Å². The number of nitrogens with one attached hydrogen (secondary N) is 1. The highest BCUT2D eigenvalue weighted by atomic mass is 16.6. The fourth-order valence-corrected chi connectivity index (χ4v) is 2.65. The molecule has 0 spiro atoms. The number of aromatic hydroxyl groups is 1. The van der Waals surface area contributed by atoms with Gasteiger partial charge in [0.05, 0.1) is 5.56 Å². The molecule has 6 heteroatoms. The molecule has 3 rings (SSSR count). The van der Waals surface area contributed by atoms with Crippen LogP contribution in [0, 0.1) is 0 Å². The van der Waals surface area contributed by atoms with Gasteiger partial charge in [0, 0.05) is 5.56 Å². The smallest absolute Gasteiger partial charge is 0.376 e. The lowest BCUT2D eigenvalue weighted by molar-refractivity contribution is -0.159. The number of benzene rings is 2. The molecule has 1 aliphatic rings. The first kappa shape index (κ1) is 16.8. The van der Waals surface area contributed by atoms with Crippen LogP contribution in [0.1, 0.15) is 37.5 Å². The summed E-state index contributed by atoms with van der Waals surface area (Å²) in [6.45, 7) is 6.34. The number of carboxylic acid groups (broad SMARTS) is 1. The van der Waals surface area contributed by atoms with Crippen molar-refractivity contribution in [2.24, 2.45) is 5.10 Å². The standard InChI is InChI=1S/C19H20N2O4/c1-18(2,3)13-10-8-12(9-11-13)16-20-21-19(25-16,17(23)24)14-6-4-5-7-15(14)22/h4-11,21-22H,1-3H3,(H,23,24). The predicted octanol–water partition coefficient (Wildman–Crippen LogP) is 2.91. The molecule has 1 atom stereocenters. The average molecular weight is 340 g/mol. The summed E-state index contributed by atoms with van der Waals surface area (Å²) in [7, 11) is 0. The van der Waals surface area contributed by atoms with Crippen LogP contribution in [0.4, 0.5) is 0 Å². The van der Waals surface area contributed by atoms with E-state index in [0.717, 1.165) is 5.56 Å².